The Morgan fingerprint density at radius 1 is 1.73 bits per heavy atom. The molecule has 0 heterocycles. The molecule has 64 valence electrons. The molecule has 5 heteroatoms. The van der Waals surface area contributed by atoms with E-state index in [0.717, 1.165) is 0 Å². The number of hydrogen-bond donors (Lipinski definition) is 1. The minimum Gasteiger partial charge on any atom is -0.453 e. The number of rotatable bonds is 3. The van der Waals surface area contributed by atoms with Crippen molar-refractivity contribution in [2.45, 2.75) is 6.42 Å². The first kappa shape index (κ1) is 10.2. The summed E-state index contributed by atoms with van der Waals surface area (Å²) in [7, 11) is 2.96. The zero-order valence-electron chi connectivity index (χ0n) is 6.66. The molecule has 0 atom stereocenters. The quantitative estimate of drug-likeness (QED) is 0.631. The molecule has 0 unspecified atom stereocenters. The third-order valence-electron chi connectivity index (χ3n) is 1.18. The summed E-state index contributed by atoms with van der Waals surface area (Å²) in [4.78, 5) is 12.6. The molecule has 0 saturated carbocycles. The van der Waals surface area contributed by atoms with E-state index in [2.05, 4.69) is 17.0 Å². The van der Waals surface area contributed by atoms with Crippen molar-refractivity contribution in [3.05, 3.63) is 0 Å². The summed E-state index contributed by atoms with van der Waals surface area (Å²) < 4.78 is 4.45. The number of carbonyl (C=O) groups excluding carboxylic acids is 1. The van der Waals surface area contributed by atoms with Crippen molar-refractivity contribution in [1.82, 2.24) is 4.90 Å². The van der Waals surface area contributed by atoms with Crippen LogP contribution in [0.1, 0.15) is 6.42 Å². The molecule has 0 aromatic heterocycles. The van der Waals surface area contributed by atoms with E-state index in [0.29, 0.717) is 18.0 Å². The Morgan fingerprint density at radius 2 is 2.27 bits per heavy atom. The number of thiocarbonyl (C=S) groups is 1. The average molecular weight is 176 g/mol. The van der Waals surface area contributed by atoms with E-state index in [4.69, 9.17) is 5.73 Å². The van der Waals surface area contributed by atoms with Crippen LogP contribution in [0.4, 0.5) is 4.79 Å². The van der Waals surface area contributed by atoms with Crippen LogP contribution in [-0.4, -0.2) is 36.7 Å². The Morgan fingerprint density at radius 3 is 2.64 bits per heavy atom. The number of amides is 1. The van der Waals surface area contributed by atoms with E-state index in [1.165, 1.54) is 12.0 Å². The van der Waals surface area contributed by atoms with Crippen LogP contribution in [0.2, 0.25) is 0 Å². The SMILES string of the molecule is COC(=O)N(C)CCC(N)=S. The predicted octanol–water partition coefficient (Wildman–Crippen LogP) is 0.361. The van der Waals surface area contributed by atoms with Gasteiger partial charge < -0.3 is 15.4 Å². The molecule has 0 bridgehead atoms. The highest BCUT2D eigenvalue weighted by molar-refractivity contribution is 7.80. The lowest BCUT2D eigenvalue weighted by atomic mass is 10.4. The van der Waals surface area contributed by atoms with Crippen LogP contribution in [-0.2, 0) is 4.74 Å². The lowest BCUT2D eigenvalue weighted by molar-refractivity contribution is 0.134. The summed E-state index contributed by atoms with van der Waals surface area (Å²) in [5, 5.41) is 0. The number of ether oxygens (including phenoxy) is 1. The van der Waals surface area contributed by atoms with Gasteiger partial charge in [0.1, 0.15) is 0 Å². The van der Waals surface area contributed by atoms with E-state index in [1.54, 1.807) is 7.05 Å². The maximum Gasteiger partial charge on any atom is 0.409 e. The van der Waals surface area contributed by atoms with Crippen LogP contribution in [0.15, 0.2) is 0 Å². The van der Waals surface area contributed by atoms with E-state index in [-0.39, 0.29) is 6.09 Å². The Hall–Kier alpha value is -0.840. The van der Waals surface area contributed by atoms with Gasteiger partial charge in [-0.3, -0.25) is 0 Å². The highest BCUT2D eigenvalue weighted by atomic mass is 32.1. The van der Waals surface area contributed by atoms with Crippen LogP contribution in [0, 0.1) is 0 Å². The molecule has 0 fully saturated rings. The van der Waals surface area contributed by atoms with Gasteiger partial charge >= 0.3 is 6.09 Å². The highest BCUT2D eigenvalue weighted by Gasteiger charge is 2.06. The molecule has 0 aliphatic heterocycles. The number of hydrogen-bond acceptors (Lipinski definition) is 3. The minimum absolute atomic E-state index is 0.374. The maximum absolute atomic E-state index is 10.7. The summed E-state index contributed by atoms with van der Waals surface area (Å²) in [6, 6.07) is 0. The summed E-state index contributed by atoms with van der Waals surface area (Å²) in [6.07, 6.45) is 0.155. The summed E-state index contributed by atoms with van der Waals surface area (Å²) >= 11 is 4.64. The summed E-state index contributed by atoms with van der Waals surface area (Å²) in [5.74, 6) is 0. The zero-order valence-corrected chi connectivity index (χ0v) is 7.48. The van der Waals surface area contributed by atoms with Crippen molar-refractivity contribution in [1.29, 1.82) is 0 Å². The van der Waals surface area contributed by atoms with Gasteiger partial charge in [0.2, 0.25) is 0 Å². The lowest BCUT2D eigenvalue weighted by Crippen LogP contribution is -2.29. The van der Waals surface area contributed by atoms with Crippen LogP contribution in [0.25, 0.3) is 0 Å². The average Bonchev–Trinajstić information content (AvgIpc) is 1.98. The molecule has 0 radical (unpaired) electrons. The van der Waals surface area contributed by atoms with E-state index >= 15 is 0 Å². The van der Waals surface area contributed by atoms with Crippen LogP contribution < -0.4 is 5.73 Å². The van der Waals surface area contributed by atoms with Gasteiger partial charge in [-0.05, 0) is 0 Å². The molecule has 0 aromatic carbocycles. The van der Waals surface area contributed by atoms with Gasteiger partial charge in [0, 0.05) is 20.0 Å². The number of methoxy groups -OCH3 is 1. The van der Waals surface area contributed by atoms with Crippen molar-refractivity contribution in [2.75, 3.05) is 20.7 Å². The fourth-order valence-corrected chi connectivity index (χ4v) is 0.616. The Labute approximate surface area is 71.3 Å². The maximum atomic E-state index is 10.7. The Balaban J connectivity index is 3.60. The Kier molecular flexibility index (Phi) is 4.52. The fourth-order valence-electron chi connectivity index (χ4n) is 0.525. The first-order valence-corrected chi connectivity index (χ1v) is 3.56. The van der Waals surface area contributed by atoms with E-state index < -0.39 is 0 Å². The summed E-state index contributed by atoms with van der Waals surface area (Å²) in [6.45, 7) is 0.502. The molecule has 4 nitrogen and oxygen atoms in total. The second-order valence-electron chi connectivity index (χ2n) is 2.11. The monoisotopic (exact) mass is 176 g/mol. The minimum atomic E-state index is -0.374. The molecule has 0 saturated heterocycles. The van der Waals surface area contributed by atoms with Gasteiger partial charge in [-0.25, -0.2) is 4.79 Å². The topological polar surface area (TPSA) is 55.6 Å². The molecule has 0 aliphatic rings. The third kappa shape index (κ3) is 4.55. The smallest absolute Gasteiger partial charge is 0.409 e. The van der Waals surface area contributed by atoms with Crippen LogP contribution in [0.3, 0.4) is 0 Å². The van der Waals surface area contributed by atoms with E-state index in [9.17, 15) is 4.79 Å². The zero-order chi connectivity index (χ0) is 8.85. The predicted molar refractivity (Wildman–Crippen MR) is 46.4 cm³/mol. The van der Waals surface area contributed by atoms with Gasteiger partial charge in [-0.1, -0.05) is 12.2 Å². The summed E-state index contributed by atoms with van der Waals surface area (Å²) in [5.41, 5.74) is 5.23. The molecule has 0 rings (SSSR count). The van der Waals surface area contributed by atoms with Crippen molar-refractivity contribution >= 4 is 23.3 Å². The number of nitrogens with zero attached hydrogens (tertiary/aromatic N) is 1. The molecule has 11 heavy (non-hydrogen) atoms. The molecule has 2 N–H and O–H groups in total. The third-order valence-corrected chi connectivity index (χ3v) is 1.38. The first-order valence-electron chi connectivity index (χ1n) is 3.15. The molecule has 0 spiro atoms. The van der Waals surface area contributed by atoms with Crippen molar-refractivity contribution in [3.63, 3.8) is 0 Å². The second kappa shape index (κ2) is 4.90. The highest BCUT2D eigenvalue weighted by Crippen LogP contribution is 1.90. The van der Waals surface area contributed by atoms with Gasteiger partial charge in [-0.15, -0.1) is 0 Å². The van der Waals surface area contributed by atoms with Gasteiger partial charge in [0.25, 0.3) is 0 Å². The molecular weight excluding hydrogens is 164 g/mol. The van der Waals surface area contributed by atoms with Crippen molar-refractivity contribution in [2.24, 2.45) is 5.73 Å². The van der Waals surface area contributed by atoms with Gasteiger partial charge in [0.05, 0.1) is 12.1 Å². The van der Waals surface area contributed by atoms with Crippen LogP contribution in [0.5, 0.6) is 0 Å². The standard InChI is InChI=1S/C6H12N2O2S/c1-8(6(9)10-2)4-3-5(7)11/h3-4H2,1-2H3,(H2,7,11). The largest absolute Gasteiger partial charge is 0.453 e. The molecule has 1 amide bonds. The molecule has 0 aliphatic carbocycles. The number of carbonyl (C=O) groups is 1. The second-order valence-corrected chi connectivity index (χ2v) is 2.63. The van der Waals surface area contributed by atoms with Crippen molar-refractivity contribution < 1.29 is 9.53 Å². The van der Waals surface area contributed by atoms with Gasteiger partial charge in [0.15, 0.2) is 0 Å². The molecule has 0 aromatic rings. The molecular formula is C6H12N2O2S. The van der Waals surface area contributed by atoms with Crippen LogP contribution >= 0.6 is 12.2 Å². The number of nitrogens with two attached hydrogens (primary N) is 1. The first-order chi connectivity index (χ1) is 5.07. The van der Waals surface area contributed by atoms with Crippen molar-refractivity contribution in [3.8, 4) is 0 Å². The normalized spacial score (nSPS) is 8.91. The Bertz CT molecular complexity index is 161. The van der Waals surface area contributed by atoms with Gasteiger partial charge in [-0.2, -0.15) is 0 Å². The fraction of sp³-hybridized carbons (Fsp3) is 0.667. The lowest BCUT2D eigenvalue weighted by Gasteiger charge is -2.14. The van der Waals surface area contributed by atoms with E-state index in [1.807, 2.05) is 0 Å².